The van der Waals surface area contributed by atoms with Gasteiger partial charge >= 0.3 is 13.4 Å². The second-order valence-electron chi connectivity index (χ2n) is 4.90. The predicted molar refractivity (Wildman–Crippen MR) is 78.7 cm³/mol. The Morgan fingerprint density at radius 2 is 2.14 bits per heavy atom. The van der Waals surface area contributed by atoms with E-state index in [2.05, 4.69) is 4.99 Å². The Hall–Kier alpha value is -2.18. The molecule has 7 heteroatoms. The van der Waals surface area contributed by atoms with E-state index in [9.17, 15) is 13.4 Å². The van der Waals surface area contributed by atoms with Crippen LogP contribution in [0.1, 0.15) is 29.8 Å². The zero-order valence-corrected chi connectivity index (χ0v) is 11.8. The fourth-order valence-corrected chi connectivity index (χ4v) is 2.30. The fourth-order valence-electron chi connectivity index (χ4n) is 2.30. The van der Waals surface area contributed by atoms with Crippen LogP contribution in [0.5, 0.6) is 0 Å². The van der Waals surface area contributed by atoms with Crippen LogP contribution in [-0.2, 0) is 4.79 Å². The summed E-state index contributed by atoms with van der Waals surface area (Å²) >= 11 is 0. The molecule has 110 valence electrons. The van der Waals surface area contributed by atoms with E-state index in [1.54, 1.807) is 38.1 Å². The third kappa shape index (κ3) is 3.48. The van der Waals surface area contributed by atoms with Crippen LogP contribution in [0.3, 0.4) is 0 Å². The molecular formula is C14H15BF2N2O2. The van der Waals surface area contributed by atoms with Crippen LogP contribution in [0.25, 0.3) is 6.08 Å². The third-order valence-corrected chi connectivity index (χ3v) is 3.26. The Morgan fingerprint density at radius 3 is 2.76 bits per heavy atom. The number of carboxylic acid groups (broad SMARTS) is 1. The number of aryl methyl sites for hydroxylation is 2. The Balaban J connectivity index is 2.26. The van der Waals surface area contributed by atoms with Crippen LogP contribution in [0.4, 0.5) is 8.63 Å². The van der Waals surface area contributed by atoms with Gasteiger partial charge in [0, 0.05) is 23.5 Å². The van der Waals surface area contributed by atoms with Crippen molar-refractivity contribution in [1.82, 2.24) is 4.48 Å². The molecule has 0 saturated heterocycles. The second kappa shape index (κ2) is 6.07. The molecule has 0 aromatic carbocycles. The van der Waals surface area contributed by atoms with E-state index in [-0.39, 0.29) is 6.42 Å². The molecule has 2 heterocycles. The van der Waals surface area contributed by atoms with Crippen LogP contribution < -0.4 is 0 Å². The summed E-state index contributed by atoms with van der Waals surface area (Å²) in [5, 5.41) is 8.63. The molecule has 1 aromatic heterocycles. The molecule has 1 aliphatic rings. The first-order chi connectivity index (χ1) is 9.88. The first-order valence-corrected chi connectivity index (χ1v) is 6.54. The minimum atomic E-state index is -2.61. The number of carbonyl (C=O) groups is 1. The highest BCUT2D eigenvalue weighted by molar-refractivity contribution is 6.41. The van der Waals surface area contributed by atoms with Crippen molar-refractivity contribution in [3.8, 4) is 0 Å². The third-order valence-electron chi connectivity index (χ3n) is 3.26. The highest BCUT2D eigenvalue weighted by Crippen LogP contribution is 2.22. The summed E-state index contributed by atoms with van der Waals surface area (Å²) in [4.78, 5) is 14.8. The molecule has 0 saturated carbocycles. The van der Waals surface area contributed by atoms with Gasteiger partial charge in [0.2, 0.25) is 0 Å². The van der Waals surface area contributed by atoms with Crippen molar-refractivity contribution < 1.29 is 18.5 Å². The minimum Gasteiger partial charge on any atom is -0.481 e. The van der Waals surface area contributed by atoms with E-state index in [1.807, 2.05) is 0 Å². The molecule has 0 bridgehead atoms. The molecule has 1 N–H and O–H groups in total. The Bertz CT molecular complexity index is 660. The number of carboxylic acids is 1. The van der Waals surface area contributed by atoms with Gasteiger partial charge in [0.1, 0.15) is 0 Å². The minimum absolute atomic E-state index is 0.00198. The Kier molecular flexibility index (Phi) is 4.40. The number of nitrogens with zero attached hydrogens (tertiary/aromatic N) is 2. The van der Waals surface area contributed by atoms with E-state index in [0.717, 1.165) is 10.0 Å². The van der Waals surface area contributed by atoms with Crippen molar-refractivity contribution in [2.75, 3.05) is 0 Å². The lowest BCUT2D eigenvalue weighted by atomic mass is 10.1. The van der Waals surface area contributed by atoms with Crippen LogP contribution in [0, 0.1) is 13.8 Å². The summed E-state index contributed by atoms with van der Waals surface area (Å²) in [5.41, 5.74) is 2.87. The summed E-state index contributed by atoms with van der Waals surface area (Å²) in [6.07, 6.45) is 5.35. The highest BCUT2D eigenvalue weighted by Gasteiger charge is 2.23. The normalized spacial score (nSPS) is 15.6. The number of hydrogen-bond acceptors (Lipinski definition) is 2. The van der Waals surface area contributed by atoms with Crippen molar-refractivity contribution in [2.24, 2.45) is 4.99 Å². The maximum atomic E-state index is 13.1. The van der Waals surface area contributed by atoms with Crippen LogP contribution >= 0.6 is 0 Å². The van der Waals surface area contributed by atoms with Crippen molar-refractivity contribution in [3.05, 3.63) is 40.9 Å². The fraction of sp³-hybridized carbons (Fsp3) is 0.286. The summed E-state index contributed by atoms with van der Waals surface area (Å²) in [6.45, 7) is 3.40. The van der Waals surface area contributed by atoms with Gasteiger partial charge in [-0.05, 0) is 43.7 Å². The maximum Gasteiger partial charge on any atom is 0.677 e. The molecule has 0 radical (unpaired) electrons. The average Bonchev–Trinajstić information content (AvgIpc) is 2.93. The molecule has 1 aliphatic heterocycles. The molecular weight excluding hydrogens is 277 g/mol. The number of aromatic nitrogens is 1. The van der Waals surface area contributed by atoms with Crippen LogP contribution in [0.15, 0.2) is 28.9 Å². The molecule has 0 unspecified atom stereocenters. The topological polar surface area (TPSA) is 54.6 Å². The van der Waals surface area contributed by atoms with Gasteiger partial charge in [0.15, 0.2) is 0 Å². The van der Waals surface area contributed by atoms with E-state index in [1.165, 1.54) is 0 Å². The van der Waals surface area contributed by atoms with Crippen molar-refractivity contribution >= 4 is 25.2 Å². The van der Waals surface area contributed by atoms with Gasteiger partial charge in [-0.1, -0.05) is 0 Å². The predicted octanol–water partition coefficient (Wildman–Crippen LogP) is 3.09. The number of rotatable bonds is 5. The van der Waals surface area contributed by atoms with Gasteiger partial charge in [-0.3, -0.25) is 18.4 Å². The van der Waals surface area contributed by atoms with Gasteiger partial charge in [0.05, 0.1) is 12.1 Å². The summed E-state index contributed by atoms with van der Waals surface area (Å²) in [6, 6.07) is 1.70. The van der Waals surface area contributed by atoms with Crippen molar-refractivity contribution in [2.45, 2.75) is 26.7 Å². The van der Waals surface area contributed by atoms with Gasteiger partial charge < -0.3 is 9.58 Å². The molecule has 0 spiro atoms. The lowest BCUT2D eigenvalue weighted by molar-refractivity contribution is -0.136. The molecule has 0 atom stereocenters. The van der Waals surface area contributed by atoms with Crippen LogP contribution in [-0.4, -0.2) is 28.7 Å². The summed E-state index contributed by atoms with van der Waals surface area (Å²) < 4.78 is 27.1. The van der Waals surface area contributed by atoms with Gasteiger partial charge in [-0.2, -0.15) is 0 Å². The van der Waals surface area contributed by atoms with E-state index in [0.29, 0.717) is 29.2 Å². The zero-order valence-electron chi connectivity index (χ0n) is 11.8. The quantitative estimate of drug-likeness (QED) is 0.848. The molecule has 1 aromatic rings. The van der Waals surface area contributed by atoms with E-state index >= 15 is 0 Å². The Morgan fingerprint density at radius 1 is 1.43 bits per heavy atom. The number of hydrogen-bond donors (Lipinski definition) is 1. The molecule has 0 amide bonds. The van der Waals surface area contributed by atoms with Crippen molar-refractivity contribution in [3.63, 3.8) is 0 Å². The monoisotopic (exact) mass is 292 g/mol. The van der Waals surface area contributed by atoms with Gasteiger partial charge in [-0.25, -0.2) is 0 Å². The van der Waals surface area contributed by atoms with Gasteiger partial charge in [0.25, 0.3) is 0 Å². The molecule has 4 nitrogen and oxygen atoms in total. The number of halogens is 2. The Labute approximate surface area is 121 Å². The number of aliphatic imine (C=N–C) groups is 1. The zero-order chi connectivity index (χ0) is 15.6. The molecule has 21 heavy (non-hydrogen) atoms. The summed E-state index contributed by atoms with van der Waals surface area (Å²) in [5.74, 6) is -0.887. The SMILES string of the molecule is Cc1cc(C)n(B(F)F)c1C=C1C=CC(CCC(=O)O)=N1. The second-order valence-corrected chi connectivity index (χ2v) is 4.90. The van der Waals surface area contributed by atoms with Crippen LogP contribution in [0.2, 0.25) is 0 Å². The molecule has 0 aliphatic carbocycles. The largest absolute Gasteiger partial charge is 0.677 e. The molecule has 2 rings (SSSR count). The summed E-state index contributed by atoms with van der Waals surface area (Å²) in [7, 11) is -2.61. The van der Waals surface area contributed by atoms with E-state index in [4.69, 9.17) is 5.11 Å². The van der Waals surface area contributed by atoms with Gasteiger partial charge in [-0.15, -0.1) is 0 Å². The number of aliphatic carboxylic acids is 1. The standard InChI is InChI=1S/C14H15BF2N2O2/c1-9-7-10(2)19(15(16)17)13(9)8-12-4-3-11(18-12)5-6-14(20)21/h3-4,7-8H,5-6H2,1-2H3,(H,20,21). The van der Waals surface area contributed by atoms with E-state index < -0.39 is 13.4 Å². The average molecular weight is 292 g/mol. The highest BCUT2D eigenvalue weighted by atomic mass is 19.2. The van der Waals surface area contributed by atoms with Crippen molar-refractivity contribution in [1.29, 1.82) is 0 Å². The number of allylic oxidation sites excluding steroid dienone is 2. The lowest BCUT2D eigenvalue weighted by Crippen LogP contribution is -2.16. The first-order valence-electron chi connectivity index (χ1n) is 6.54. The lowest BCUT2D eigenvalue weighted by Gasteiger charge is -2.05. The first kappa shape index (κ1) is 15.2. The molecule has 0 fully saturated rings. The smallest absolute Gasteiger partial charge is 0.481 e. The maximum absolute atomic E-state index is 13.1.